The van der Waals surface area contributed by atoms with Gasteiger partial charge >= 0.3 is 12.3 Å². The van der Waals surface area contributed by atoms with Gasteiger partial charge in [-0.05, 0) is 65.8 Å². The summed E-state index contributed by atoms with van der Waals surface area (Å²) in [4.78, 5) is 15.2. The van der Waals surface area contributed by atoms with Gasteiger partial charge < -0.3 is 14.9 Å². The topological polar surface area (TPSA) is 43.8 Å². The van der Waals surface area contributed by atoms with Crippen molar-refractivity contribution in [1.29, 1.82) is 0 Å². The van der Waals surface area contributed by atoms with Crippen molar-refractivity contribution < 1.29 is 27.5 Å². The second kappa shape index (κ2) is 6.62. The Bertz CT molecular complexity index is 1040. The number of amides is 1. The SMILES string of the molecule is O=C(O)N1CC[C@H]2[C@@H](C1)c1cc(-c3ccc(F)cc3C(F)(F)F)cc3c1N2CCC3. The first kappa shape index (κ1) is 19.2. The summed E-state index contributed by atoms with van der Waals surface area (Å²) in [6.45, 7) is 1.67. The summed E-state index contributed by atoms with van der Waals surface area (Å²) in [7, 11) is 0. The van der Waals surface area contributed by atoms with Crippen LogP contribution in [0.1, 0.15) is 35.4 Å². The van der Waals surface area contributed by atoms with Gasteiger partial charge in [-0.3, -0.25) is 0 Å². The quantitative estimate of drug-likeness (QED) is 0.652. The Labute approximate surface area is 170 Å². The third-order valence-corrected chi connectivity index (χ3v) is 6.60. The molecule has 3 aliphatic heterocycles. The minimum atomic E-state index is -4.67. The maximum absolute atomic E-state index is 13.6. The predicted molar refractivity (Wildman–Crippen MR) is 103 cm³/mol. The van der Waals surface area contributed by atoms with E-state index in [-0.39, 0.29) is 17.5 Å². The molecule has 2 aromatic rings. The summed E-state index contributed by atoms with van der Waals surface area (Å²) in [6, 6.07) is 6.49. The minimum absolute atomic E-state index is 0.0468. The van der Waals surface area contributed by atoms with Gasteiger partial charge in [0.15, 0.2) is 0 Å². The Kier molecular flexibility index (Phi) is 4.24. The highest BCUT2D eigenvalue weighted by molar-refractivity contribution is 5.78. The molecule has 1 amide bonds. The van der Waals surface area contributed by atoms with Crippen LogP contribution in [-0.2, 0) is 12.6 Å². The third-order valence-electron chi connectivity index (χ3n) is 6.60. The van der Waals surface area contributed by atoms with Crippen molar-refractivity contribution in [1.82, 2.24) is 4.90 Å². The van der Waals surface area contributed by atoms with Crippen LogP contribution in [0.15, 0.2) is 30.3 Å². The number of halogens is 4. The van der Waals surface area contributed by atoms with Crippen LogP contribution in [0.25, 0.3) is 11.1 Å². The van der Waals surface area contributed by atoms with E-state index in [1.165, 1.54) is 11.0 Å². The molecule has 0 bridgehead atoms. The van der Waals surface area contributed by atoms with Crippen LogP contribution in [0, 0.1) is 5.82 Å². The van der Waals surface area contributed by atoms with Crippen molar-refractivity contribution in [3.05, 3.63) is 52.8 Å². The van der Waals surface area contributed by atoms with Gasteiger partial charge in [-0.15, -0.1) is 0 Å². The zero-order valence-electron chi connectivity index (χ0n) is 16.0. The molecule has 4 nitrogen and oxygen atoms in total. The first-order valence-electron chi connectivity index (χ1n) is 10.0. The molecule has 3 heterocycles. The maximum Gasteiger partial charge on any atom is 0.417 e. The van der Waals surface area contributed by atoms with Crippen molar-refractivity contribution in [3.8, 4) is 11.1 Å². The molecule has 1 fully saturated rings. The molecule has 1 N–H and O–H groups in total. The number of carbonyl (C=O) groups is 1. The van der Waals surface area contributed by atoms with Crippen LogP contribution in [0.4, 0.5) is 28.0 Å². The fourth-order valence-electron chi connectivity index (χ4n) is 5.38. The molecule has 3 aliphatic rings. The summed E-state index contributed by atoms with van der Waals surface area (Å²) in [5.74, 6) is -0.999. The molecule has 8 heteroatoms. The number of nitrogens with zero attached hydrogens (tertiary/aromatic N) is 2. The molecule has 2 aromatic carbocycles. The van der Waals surface area contributed by atoms with Gasteiger partial charge in [-0.2, -0.15) is 13.2 Å². The van der Waals surface area contributed by atoms with Gasteiger partial charge in [0.1, 0.15) is 5.82 Å². The van der Waals surface area contributed by atoms with E-state index < -0.39 is 23.7 Å². The maximum atomic E-state index is 13.6. The van der Waals surface area contributed by atoms with E-state index in [1.54, 1.807) is 12.1 Å². The number of fused-ring (bicyclic) bond motifs is 3. The molecule has 0 radical (unpaired) electrons. The van der Waals surface area contributed by atoms with E-state index in [9.17, 15) is 27.5 Å². The summed E-state index contributed by atoms with van der Waals surface area (Å²) in [6.07, 6.45) is -3.29. The molecule has 0 saturated carbocycles. The summed E-state index contributed by atoms with van der Waals surface area (Å²) < 4.78 is 54.4. The monoisotopic (exact) mass is 420 g/mol. The zero-order valence-corrected chi connectivity index (χ0v) is 16.0. The van der Waals surface area contributed by atoms with Crippen LogP contribution in [0.5, 0.6) is 0 Å². The van der Waals surface area contributed by atoms with E-state index in [1.807, 2.05) is 0 Å². The van der Waals surface area contributed by atoms with Crippen molar-refractivity contribution in [2.45, 2.75) is 37.4 Å². The fraction of sp³-hybridized carbons (Fsp3) is 0.409. The largest absolute Gasteiger partial charge is 0.465 e. The lowest BCUT2D eigenvalue weighted by atomic mass is 9.86. The molecule has 0 spiro atoms. The van der Waals surface area contributed by atoms with Crippen molar-refractivity contribution >= 4 is 11.8 Å². The van der Waals surface area contributed by atoms with Gasteiger partial charge in [0.2, 0.25) is 0 Å². The van der Waals surface area contributed by atoms with Crippen molar-refractivity contribution in [3.63, 3.8) is 0 Å². The molecule has 30 heavy (non-hydrogen) atoms. The molecule has 0 aliphatic carbocycles. The number of carboxylic acid groups (broad SMARTS) is 1. The summed E-state index contributed by atoms with van der Waals surface area (Å²) in [5.41, 5.74) is 2.33. The lowest BCUT2D eigenvalue weighted by Crippen LogP contribution is -2.48. The lowest BCUT2D eigenvalue weighted by molar-refractivity contribution is -0.137. The van der Waals surface area contributed by atoms with Crippen LogP contribution in [-0.4, -0.2) is 41.8 Å². The van der Waals surface area contributed by atoms with E-state index >= 15 is 0 Å². The standard InChI is InChI=1S/C22H20F4N2O2/c23-14-3-4-15(18(10-14)22(24,25)26)13-8-12-2-1-6-28-19-5-7-27(21(29)30)11-17(19)16(9-13)20(12)28/h3-4,8-10,17,19H,1-2,5-7,11H2,(H,29,30)/t17-,19-/m0/s1. The van der Waals surface area contributed by atoms with Crippen LogP contribution < -0.4 is 4.90 Å². The Hall–Kier alpha value is -2.77. The zero-order chi connectivity index (χ0) is 21.2. The Morgan fingerprint density at radius 1 is 1.13 bits per heavy atom. The average molecular weight is 420 g/mol. The van der Waals surface area contributed by atoms with Crippen LogP contribution in [0.2, 0.25) is 0 Å². The molecular formula is C22H20F4N2O2. The van der Waals surface area contributed by atoms with Gasteiger partial charge in [0.05, 0.1) is 5.56 Å². The van der Waals surface area contributed by atoms with Crippen LogP contribution >= 0.6 is 0 Å². The molecule has 2 atom stereocenters. The number of aryl methyl sites for hydroxylation is 1. The lowest BCUT2D eigenvalue weighted by Gasteiger charge is -2.39. The number of anilines is 1. The predicted octanol–water partition coefficient (Wildman–Crippen LogP) is 5.11. The number of benzene rings is 2. The van der Waals surface area contributed by atoms with Gasteiger partial charge in [-0.25, -0.2) is 9.18 Å². The number of hydrogen-bond acceptors (Lipinski definition) is 2. The second-order valence-corrected chi connectivity index (χ2v) is 8.25. The molecule has 0 unspecified atom stereocenters. The smallest absolute Gasteiger partial charge is 0.417 e. The molecule has 5 rings (SSSR count). The van der Waals surface area contributed by atoms with Gasteiger partial charge in [0.25, 0.3) is 0 Å². The highest BCUT2D eigenvalue weighted by Crippen LogP contribution is 2.50. The first-order valence-corrected chi connectivity index (χ1v) is 10.0. The molecule has 0 aromatic heterocycles. The van der Waals surface area contributed by atoms with E-state index in [0.29, 0.717) is 31.1 Å². The Morgan fingerprint density at radius 3 is 2.67 bits per heavy atom. The third kappa shape index (κ3) is 2.92. The number of rotatable bonds is 1. The van der Waals surface area contributed by atoms with Crippen molar-refractivity contribution in [2.24, 2.45) is 0 Å². The highest BCUT2D eigenvalue weighted by atomic mass is 19.4. The minimum Gasteiger partial charge on any atom is -0.465 e. The van der Waals surface area contributed by atoms with Gasteiger partial charge in [0, 0.05) is 37.3 Å². The van der Waals surface area contributed by atoms with E-state index in [0.717, 1.165) is 42.3 Å². The van der Waals surface area contributed by atoms with E-state index in [2.05, 4.69) is 4.90 Å². The number of alkyl halides is 3. The fourth-order valence-corrected chi connectivity index (χ4v) is 5.38. The highest BCUT2D eigenvalue weighted by Gasteiger charge is 2.45. The van der Waals surface area contributed by atoms with Crippen molar-refractivity contribution in [2.75, 3.05) is 24.5 Å². The average Bonchev–Trinajstić information content (AvgIpc) is 3.02. The number of hydrogen-bond donors (Lipinski definition) is 1. The summed E-state index contributed by atoms with van der Waals surface area (Å²) >= 11 is 0. The summed E-state index contributed by atoms with van der Waals surface area (Å²) in [5, 5.41) is 9.43. The van der Waals surface area contributed by atoms with E-state index in [4.69, 9.17) is 0 Å². The Morgan fingerprint density at radius 2 is 1.93 bits per heavy atom. The first-order chi connectivity index (χ1) is 14.2. The normalized spacial score (nSPS) is 22.7. The second-order valence-electron chi connectivity index (χ2n) is 8.25. The Balaban J connectivity index is 1.66. The molecule has 158 valence electrons. The van der Waals surface area contributed by atoms with Gasteiger partial charge in [-0.1, -0.05) is 6.07 Å². The van der Waals surface area contributed by atoms with Crippen LogP contribution in [0.3, 0.4) is 0 Å². The number of likely N-dealkylation sites (tertiary alicyclic amines) is 1. The molecule has 1 saturated heterocycles. The number of piperidine rings is 1. The molecular weight excluding hydrogens is 400 g/mol.